The molecule has 1 saturated carbocycles. The number of carbonyl (C=O) groups is 1. The van der Waals surface area contributed by atoms with E-state index in [0.29, 0.717) is 12.8 Å². The fourth-order valence-electron chi connectivity index (χ4n) is 1.95. The summed E-state index contributed by atoms with van der Waals surface area (Å²) in [7, 11) is 1.13. The minimum atomic E-state index is -4.07. The molecular weight excluding hydrogens is 228 g/mol. The first-order valence-electron chi connectivity index (χ1n) is 4.47. The Bertz CT molecular complexity index is 331. The van der Waals surface area contributed by atoms with Crippen molar-refractivity contribution in [3.63, 3.8) is 0 Å². The number of halogens is 1. The van der Waals surface area contributed by atoms with E-state index < -0.39 is 19.8 Å². The van der Waals surface area contributed by atoms with Crippen molar-refractivity contribution in [3.05, 3.63) is 0 Å². The van der Waals surface area contributed by atoms with Gasteiger partial charge in [-0.1, -0.05) is 12.8 Å². The van der Waals surface area contributed by atoms with Crippen molar-refractivity contribution in [1.29, 1.82) is 0 Å². The molecule has 1 N–H and O–H groups in total. The van der Waals surface area contributed by atoms with Crippen LogP contribution in [0.25, 0.3) is 0 Å². The van der Waals surface area contributed by atoms with Crippen LogP contribution in [0.4, 0.5) is 0 Å². The maximum Gasteiger partial charge on any atom is 0.326 e. The van der Waals surface area contributed by atoms with Gasteiger partial charge in [-0.25, -0.2) is 8.42 Å². The second-order valence-electron chi connectivity index (χ2n) is 3.83. The van der Waals surface area contributed by atoms with E-state index in [-0.39, 0.29) is 5.92 Å². The van der Waals surface area contributed by atoms with Gasteiger partial charge in [0, 0.05) is 10.7 Å². The van der Waals surface area contributed by atoms with Gasteiger partial charge < -0.3 is 5.11 Å². The lowest BCUT2D eigenvalue weighted by atomic mass is 9.92. The lowest BCUT2D eigenvalue weighted by Crippen LogP contribution is -2.46. The minimum Gasteiger partial charge on any atom is -0.480 e. The Kier molecular flexibility index (Phi) is 3.11. The van der Waals surface area contributed by atoms with Crippen LogP contribution < -0.4 is 0 Å². The van der Waals surface area contributed by atoms with Crippen molar-refractivity contribution in [2.24, 2.45) is 5.92 Å². The van der Waals surface area contributed by atoms with E-state index in [0.717, 1.165) is 12.8 Å². The molecule has 14 heavy (non-hydrogen) atoms. The molecule has 0 aromatic heterocycles. The van der Waals surface area contributed by atoms with Gasteiger partial charge in [-0.15, -0.1) is 0 Å². The largest absolute Gasteiger partial charge is 0.480 e. The molecule has 0 radical (unpaired) electrons. The molecule has 0 heterocycles. The number of hydrogen-bond acceptors (Lipinski definition) is 3. The lowest BCUT2D eigenvalue weighted by molar-refractivity contribution is -0.141. The molecule has 82 valence electrons. The molecule has 1 aliphatic rings. The van der Waals surface area contributed by atoms with Crippen molar-refractivity contribution in [3.8, 4) is 0 Å². The summed E-state index contributed by atoms with van der Waals surface area (Å²) in [5.41, 5.74) is 0. The summed E-state index contributed by atoms with van der Waals surface area (Å²) in [5.74, 6) is -1.71. The molecule has 0 aliphatic heterocycles. The summed E-state index contributed by atoms with van der Waals surface area (Å²) in [6.07, 6.45) is 2.99. The molecule has 0 saturated heterocycles. The number of carboxylic acid groups (broad SMARTS) is 1. The van der Waals surface area contributed by atoms with E-state index in [4.69, 9.17) is 15.8 Å². The average molecular weight is 241 g/mol. The molecule has 0 bridgehead atoms. The van der Waals surface area contributed by atoms with E-state index in [1.54, 1.807) is 0 Å². The van der Waals surface area contributed by atoms with Crippen LogP contribution in [0, 0.1) is 5.92 Å². The van der Waals surface area contributed by atoms with Gasteiger partial charge in [0.1, 0.15) is 0 Å². The van der Waals surface area contributed by atoms with E-state index in [2.05, 4.69) is 0 Å². The monoisotopic (exact) mass is 240 g/mol. The maximum atomic E-state index is 11.3. The van der Waals surface area contributed by atoms with E-state index in [1.165, 1.54) is 6.92 Å². The standard InChI is InChI=1S/C8H13ClO4S/c1-8(7(10)11,14(9,12)13)6-4-2-3-5-6/h6H,2-5H2,1H3,(H,10,11). The summed E-state index contributed by atoms with van der Waals surface area (Å²) < 4.78 is 20.7. The second-order valence-corrected chi connectivity index (χ2v) is 6.77. The van der Waals surface area contributed by atoms with Crippen molar-refractivity contribution >= 4 is 25.7 Å². The summed E-state index contributed by atoms with van der Waals surface area (Å²) in [5, 5.41) is 8.96. The normalized spacial score (nSPS) is 23.3. The summed E-state index contributed by atoms with van der Waals surface area (Å²) in [6.45, 7) is 1.20. The van der Waals surface area contributed by atoms with E-state index in [1.807, 2.05) is 0 Å². The number of carboxylic acids is 1. The van der Waals surface area contributed by atoms with Gasteiger partial charge in [0.2, 0.25) is 9.05 Å². The zero-order valence-electron chi connectivity index (χ0n) is 7.86. The molecule has 1 unspecified atom stereocenters. The third-order valence-electron chi connectivity index (χ3n) is 3.07. The van der Waals surface area contributed by atoms with Gasteiger partial charge in [-0.05, 0) is 25.7 Å². The lowest BCUT2D eigenvalue weighted by Gasteiger charge is -2.27. The Morgan fingerprint density at radius 3 is 2.14 bits per heavy atom. The highest BCUT2D eigenvalue weighted by molar-refractivity contribution is 8.15. The summed E-state index contributed by atoms with van der Waals surface area (Å²) in [4.78, 5) is 11.0. The zero-order valence-corrected chi connectivity index (χ0v) is 9.44. The third kappa shape index (κ3) is 1.75. The maximum absolute atomic E-state index is 11.3. The topological polar surface area (TPSA) is 71.4 Å². The molecule has 1 fully saturated rings. The van der Waals surface area contributed by atoms with Crippen LogP contribution in [0.3, 0.4) is 0 Å². The van der Waals surface area contributed by atoms with Crippen LogP contribution >= 0.6 is 10.7 Å². The fourth-order valence-corrected chi connectivity index (χ4v) is 3.37. The highest BCUT2D eigenvalue weighted by atomic mass is 35.7. The van der Waals surface area contributed by atoms with Gasteiger partial charge in [-0.3, -0.25) is 4.79 Å². The van der Waals surface area contributed by atoms with Gasteiger partial charge in [0.15, 0.2) is 4.75 Å². The molecule has 1 aliphatic carbocycles. The first-order valence-corrected chi connectivity index (χ1v) is 6.78. The Morgan fingerprint density at radius 2 is 1.86 bits per heavy atom. The Labute approximate surface area is 87.7 Å². The van der Waals surface area contributed by atoms with Crippen molar-refractivity contribution in [2.75, 3.05) is 0 Å². The van der Waals surface area contributed by atoms with Crippen LogP contribution in [-0.2, 0) is 13.8 Å². The Hall–Kier alpha value is -0.290. The van der Waals surface area contributed by atoms with Crippen molar-refractivity contribution < 1.29 is 18.3 Å². The number of aliphatic carboxylic acids is 1. The SMILES string of the molecule is CC(C(=O)O)(C1CCCC1)S(=O)(=O)Cl. The van der Waals surface area contributed by atoms with Crippen LogP contribution in [-0.4, -0.2) is 24.2 Å². The van der Waals surface area contributed by atoms with Crippen molar-refractivity contribution in [1.82, 2.24) is 0 Å². The first-order chi connectivity index (χ1) is 6.30. The van der Waals surface area contributed by atoms with E-state index in [9.17, 15) is 13.2 Å². The van der Waals surface area contributed by atoms with Gasteiger partial charge in [0.25, 0.3) is 0 Å². The van der Waals surface area contributed by atoms with E-state index >= 15 is 0 Å². The number of rotatable bonds is 3. The molecule has 0 aromatic rings. The van der Waals surface area contributed by atoms with Gasteiger partial charge >= 0.3 is 5.97 Å². The van der Waals surface area contributed by atoms with Gasteiger partial charge in [0.05, 0.1) is 0 Å². The molecule has 0 spiro atoms. The molecule has 4 nitrogen and oxygen atoms in total. The quantitative estimate of drug-likeness (QED) is 0.761. The molecule has 0 amide bonds. The molecule has 0 aromatic carbocycles. The summed E-state index contributed by atoms with van der Waals surface area (Å²) in [6, 6.07) is 0. The smallest absolute Gasteiger partial charge is 0.326 e. The average Bonchev–Trinajstić information content (AvgIpc) is 2.52. The Balaban J connectivity index is 3.10. The fraction of sp³-hybridized carbons (Fsp3) is 0.875. The predicted octanol–water partition coefficient (Wildman–Crippen LogP) is 1.59. The Morgan fingerprint density at radius 1 is 1.43 bits per heavy atom. The van der Waals surface area contributed by atoms with Gasteiger partial charge in [-0.2, -0.15) is 0 Å². The minimum absolute atomic E-state index is 0.359. The molecule has 1 rings (SSSR count). The molecule has 6 heteroatoms. The second kappa shape index (κ2) is 3.70. The zero-order chi connectivity index (χ0) is 11.0. The van der Waals surface area contributed by atoms with Crippen LogP contribution in [0.5, 0.6) is 0 Å². The van der Waals surface area contributed by atoms with Crippen LogP contribution in [0.15, 0.2) is 0 Å². The third-order valence-corrected chi connectivity index (χ3v) is 5.55. The summed E-state index contributed by atoms with van der Waals surface area (Å²) >= 11 is 0. The predicted molar refractivity (Wildman–Crippen MR) is 52.8 cm³/mol. The highest BCUT2D eigenvalue weighted by Crippen LogP contribution is 2.40. The van der Waals surface area contributed by atoms with Crippen molar-refractivity contribution in [2.45, 2.75) is 37.4 Å². The molecule has 1 atom stereocenters. The number of hydrogen-bond donors (Lipinski definition) is 1. The van der Waals surface area contributed by atoms with Crippen LogP contribution in [0.1, 0.15) is 32.6 Å². The highest BCUT2D eigenvalue weighted by Gasteiger charge is 2.52. The first kappa shape index (κ1) is 11.8. The molecular formula is C8H13ClO4S. The van der Waals surface area contributed by atoms with Crippen LogP contribution in [0.2, 0.25) is 0 Å².